The highest BCUT2D eigenvalue weighted by Gasteiger charge is 2.23. The maximum absolute atomic E-state index is 13.5. The van der Waals surface area contributed by atoms with Gasteiger partial charge in [0.1, 0.15) is 11.4 Å². The average Bonchev–Trinajstić information content (AvgIpc) is 2.88. The van der Waals surface area contributed by atoms with Gasteiger partial charge in [-0.3, -0.25) is 9.78 Å². The Bertz CT molecular complexity index is 916. The van der Waals surface area contributed by atoms with Gasteiger partial charge in [-0.15, -0.1) is 0 Å². The van der Waals surface area contributed by atoms with Crippen LogP contribution >= 0.6 is 0 Å². The van der Waals surface area contributed by atoms with Crippen LogP contribution in [0.15, 0.2) is 42.6 Å². The predicted molar refractivity (Wildman–Crippen MR) is 137 cm³/mol. The molecule has 1 aromatic heterocycles. The summed E-state index contributed by atoms with van der Waals surface area (Å²) in [5, 5.41) is 0. The number of hydrogen-bond acceptors (Lipinski definition) is 5. The molecule has 0 saturated carbocycles. The van der Waals surface area contributed by atoms with Gasteiger partial charge >= 0.3 is 5.97 Å². The molecule has 0 fully saturated rings. The molecule has 2 aromatic rings. The molecule has 36 heavy (non-hydrogen) atoms. The van der Waals surface area contributed by atoms with Gasteiger partial charge in [-0.2, -0.15) is 0 Å². The first-order valence-electron chi connectivity index (χ1n) is 13.1. The van der Waals surface area contributed by atoms with Gasteiger partial charge in [0, 0.05) is 18.7 Å². The van der Waals surface area contributed by atoms with E-state index in [0.29, 0.717) is 17.9 Å². The van der Waals surface area contributed by atoms with Crippen LogP contribution in [0.25, 0.3) is 0 Å². The Balaban J connectivity index is 1.90. The van der Waals surface area contributed by atoms with Crippen LogP contribution in [0.5, 0.6) is 5.75 Å². The molecule has 0 radical (unpaired) electrons. The van der Waals surface area contributed by atoms with Crippen LogP contribution in [0.3, 0.4) is 0 Å². The first kappa shape index (κ1) is 29.6. The molecule has 0 aliphatic heterocycles. The van der Waals surface area contributed by atoms with Crippen LogP contribution in [-0.2, 0) is 4.74 Å². The normalized spacial score (nSPS) is 12.9. The van der Waals surface area contributed by atoms with Crippen molar-refractivity contribution < 1.29 is 27.8 Å². The lowest BCUT2D eigenvalue weighted by molar-refractivity contribution is 0.0425. The van der Waals surface area contributed by atoms with Crippen molar-refractivity contribution in [1.82, 2.24) is 4.98 Å². The number of Topliss-reactive ketones (excluding diaryl/α,β-unsaturated/α-hetero) is 1. The van der Waals surface area contributed by atoms with Gasteiger partial charge in [0.15, 0.2) is 5.78 Å². The lowest BCUT2D eigenvalue weighted by Crippen LogP contribution is -2.17. The minimum absolute atomic E-state index is 0.0340. The van der Waals surface area contributed by atoms with Crippen LogP contribution in [0.1, 0.15) is 104 Å². The van der Waals surface area contributed by atoms with E-state index >= 15 is 0 Å². The summed E-state index contributed by atoms with van der Waals surface area (Å²) < 4.78 is 37.7. The first-order valence-corrected chi connectivity index (χ1v) is 13.1. The zero-order valence-electron chi connectivity index (χ0n) is 21.7. The summed E-state index contributed by atoms with van der Waals surface area (Å²) in [7, 11) is 0. The highest BCUT2D eigenvalue weighted by molar-refractivity contribution is 5.97. The van der Waals surface area contributed by atoms with Gasteiger partial charge in [0.05, 0.1) is 18.1 Å². The fourth-order valence-electron chi connectivity index (χ4n) is 3.82. The number of ether oxygens (including phenoxy) is 2. The second-order valence-corrected chi connectivity index (χ2v) is 9.23. The number of nitrogens with zero attached hydrogens (tertiary/aromatic N) is 1. The van der Waals surface area contributed by atoms with Crippen molar-refractivity contribution in [3.05, 3.63) is 59.4 Å². The van der Waals surface area contributed by atoms with E-state index < -0.39 is 18.3 Å². The third-order valence-corrected chi connectivity index (χ3v) is 6.20. The Hall–Kier alpha value is -2.67. The van der Waals surface area contributed by atoms with E-state index in [1.54, 1.807) is 6.07 Å². The first-order chi connectivity index (χ1) is 17.4. The Kier molecular flexibility index (Phi) is 13.3. The second kappa shape index (κ2) is 16.1. The number of hydrogen-bond donors (Lipinski definition) is 0. The summed E-state index contributed by atoms with van der Waals surface area (Å²) in [5.41, 5.74) is 0.957. The van der Waals surface area contributed by atoms with E-state index in [1.807, 2.05) is 13.8 Å². The van der Waals surface area contributed by atoms with Crippen molar-refractivity contribution in [2.45, 2.75) is 84.5 Å². The van der Waals surface area contributed by atoms with Crippen LogP contribution < -0.4 is 4.74 Å². The van der Waals surface area contributed by atoms with Crippen LogP contribution in [0.4, 0.5) is 8.78 Å². The number of pyridine rings is 1. The van der Waals surface area contributed by atoms with Gasteiger partial charge in [0.25, 0.3) is 0 Å². The summed E-state index contributed by atoms with van der Waals surface area (Å²) in [6.45, 7) is 6.48. The number of ketones is 1. The fraction of sp³-hybridized carbons (Fsp3) is 0.552. The highest BCUT2D eigenvalue weighted by atomic mass is 19.3. The standard InChI is InChI=1S/C29H39F2NO4/c1-4-6-8-9-10-11-21(3)27(33)26-17-14-23(19-32-26)29(34)36-24-15-12-22(13-16-24)25(28(30)31)20-35-18-7-5-2/h12-17,19,21,25,28H,4-11,18,20H2,1-3H3/t21?,25-/m1/s1. The molecular formula is C29H39F2NO4. The molecule has 0 bridgehead atoms. The third kappa shape index (κ3) is 9.76. The van der Waals surface area contributed by atoms with Crippen molar-refractivity contribution in [3.8, 4) is 5.75 Å². The van der Waals surface area contributed by atoms with Gasteiger partial charge < -0.3 is 9.47 Å². The van der Waals surface area contributed by atoms with E-state index in [9.17, 15) is 18.4 Å². The summed E-state index contributed by atoms with van der Waals surface area (Å²) in [4.78, 5) is 29.3. The Morgan fingerprint density at radius 1 is 0.917 bits per heavy atom. The van der Waals surface area contributed by atoms with Crippen molar-refractivity contribution in [3.63, 3.8) is 0 Å². The van der Waals surface area contributed by atoms with Crippen LogP contribution in [0, 0.1) is 5.92 Å². The number of carbonyl (C=O) groups is 2. The molecule has 2 rings (SSSR count). The van der Waals surface area contributed by atoms with E-state index in [-0.39, 0.29) is 29.6 Å². The zero-order chi connectivity index (χ0) is 26.3. The van der Waals surface area contributed by atoms with E-state index in [0.717, 1.165) is 32.1 Å². The number of alkyl halides is 2. The van der Waals surface area contributed by atoms with Crippen LogP contribution in [0.2, 0.25) is 0 Å². The van der Waals surface area contributed by atoms with E-state index in [1.165, 1.54) is 55.8 Å². The van der Waals surface area contributed by atoms with Gasteiger partial charge in [-0.25, -0.2) is 13.6 Å². The molecule has 0 aliphatic rings. The number of rotatable bonds is 17. The Labute approximate surface area is 213 Å². The zero-order valence-corrected chi connectivity index (χ0v) is 21.7. The highest BCUT2D eigenvalue weighted by Crippen LogP contribution is 2.26. The molecule has 1 heterocycles. The molecule has 5 nitrogen and oxygen atoms in total. The monoisotopic (exact) mass is 503 g/mol. The van der Waals surface area contributed by atoms with Crippen molar-refractivity contribution in [2.24, 2.45) is 5.92 Å². The number of carbonyl (C=O) groups excluding carboxylic acids is 2. The molecule has 0 amide bonds. The molecule has 0 aliphatic carbocycles. The number of aromatic nitrogens is 1. The predicted octanol–water partition coefficient (Wildman–Crippen LogP) is 7.65. The molecule has 1 unspecified atom stereocenters. The number of esters is 1. The van der Waals surface area contributed by atoms with Gasteiger partial charge in [0.2, 0.25) is 6.43 Å². The molecule has 7 heteroatoms. The largest absolute Gasteiger partial charge is 0.423 e. The number of halogens is 2. The minimum atomic E-state index is -2.56. The fourth-order valence-corrected chi connectivity index (χ4v) is 3.82. The molecule has 198 valence electrons. The SMILES string of the molecule is CCCCCCCC(C)C(=O)c1ccc(C(=O)Oc2ccc([C@@H](COCCCC)C(F)F)cc2)cn1. The van der Waals surface area contributed by atoms with Gasteiger partial charge in [-0.05, 0) is 42.7 Å². The third-order valence-electron chi connectivity index (χ3n) is 6.20. The van der Waals surface area contributed by atoms with E-state index in [2.05, 4.69) is 11.9 Å². The smallest absolute Gasteiger partial charge is 0.345 e. The van der Waals surface area contributed by atoms with Gasteiger partial charge in [-0.1, -0.05) is 71.4 Å². The van der Waals surface area contributed by atoms with Crippen molar-refractivity contribution >= 4 is 11.8 Å². The van der Waals surface area contributed by atoms with Crippen molar-refractivity contribution in [2.75, 3.05) is 13.2 Å². The maximum atomic E-state index is 13.5. The van der Waals surface area contributed by atoms with Crippen LogP contribution in [-0.4, -0.2) is 36.4 Å². The molecular weight excluding hydrogens is 464 g/mol. The minimum Gasteiger partial charge on any atom is -0.423 e. The van der Waals surface area contributed by atoms with Crippen molar-refractivity contribution in [1.29, 1.82) is 0 Å². The topological polar surface area (TPSA) is 65.5 Å². The second-order valence-electron chi connectivity index (χ2n) is 9.23. The van der Waals surface area contributed by atoms with E-state index in [4.69, 9.17) is 9.47 Å². The molecule has 0 spiro atoms. The summed E-state index contributed by atoms with van der Waals surface area (Å²) >= 11 is 0. The summed E-state index contributed by atoms with van der Waals surface area (Å²) in [5.74, 6) is -1.59. The lowest BCUT2D eigenvalue weighted by Gasteiger charge is -2.17. The quantitative estimate of drug-likeness (QED) is 0.0960. The molecule has 0 saturated heterocycles. The Morgan fingerprint density at radius 2 is 1.61 bits per heavy atom. The average molecular weight is 504 g/mol. The molecule has 1 aromatic carbocycles. The Morgan fingerprint density at radius 3 is 2.22 bits per heavy atom. The molecule has 2 atom stereocenters. The summed E-state index contributed by atoms with van der Waals surface area (Å²) in [6.07, 6.45) is 7.09. The lowest BCUT2D eigenvalue weighted by atomic mass is 9.96. The number of unbranched alkanes of at least 4 members (excludes halogenated alkanes) is 5. The number of benzene rings is 1. The maximum Gasteiger partial charge on any atom is 0.345 e. The summed E-state index contributed by atoms with van der Waals surface area (Å²) in [6, 6.07) is 9.08. The molecule has 0 N–H and O–H groups in total.